The summed E-state index contributed by atoms with van der Waals surface area (Å²) in [5.74, 6) is -0.137. The lowest BCUT2D eigenvalue weighted by molar-refractivity contribution is -0.196. The largest absolute Gasteiger partial charge is 0.417 e. The second kappa shape index (κ2) is 5.57. The maximum absolute atomic E-state index is 13.8. The summed E-state index contributed by atoms with van der Waals surface area (Å²) in [6.07, 6.45) is -5.22. The first-order valence-corrected chi connectivity index (χ1v) is 7.31. The van der Waals surface area contributed by atoms with Crippen LogP contribution in [0.3, 0.4) is 0 Å². The molecule has 1 aromatic heterocycles. The summed E-state index contributed by atoms with van der Waals surface area (Å²) in [6, 6.07) is 3.72. The van der Waals surface area contributed by atoms with Crippen molar-refractivity contribution in [2.45, 2.75) is 23.4 Å². The molecule has 1 atom stereocenters. The minimum absolute atomic E-state index is 0.0359. The van der Waals surface area contributed by atoms with Crippen molar-refractivity contribution in [1.82, 2.24) is 15.6 Å². The first kappa shape index (κ1) is 16.4. The number of aromatic nitrogens is 2. The lowest BCUT2D eigenvalue weighted by Gasteiger charge is -2.31. The van der Waals surface area contributed by atoms with Gasteiger partial charge in [-0.2, -0.15) is 18.3 Å². The second-order valence-electron chi connectivity index (χ2n) is 4.80. The van der Waals surface area contributed by atoms with Gasteiger partial charge >= 0.3 is 6.18 Å². The molecule has 0 amide bonds. The van der Waals surface area contributed by atoms with Crippen LogP contribution in [0.5, 0.6) is 0 Å². The summed E-state index contributed by atoms with van der Waals surface area (Å²) in [4.78, 5) is 0. The minimum atomic E-state index is -4.67. The third-order valence-corrected chi connectivity index (χ3v) is 3.93. The Morgan fingerprint density at radius 3 is 2.35 bits per heavy atom. The molecule has 0 saturated carbocycles. The highest BCUT2D eigenvalue weighted by Gasteiger charge is 2.59. The van der Waals surface area contributed by atoms with Gasteiger partial charge in [-0.05, 0) is 23.8 Å². The smallest absolute Gasteiger partial charge is 0.410 e. The Kier molecular flexibility index (Phi) is 3.97. The number of nitrogens with one attached hydrogen (secondary N) is 1. The summed E-state index contributed by atoms with van der Waals surface area (Å²) >= 11 is 15.5. The second-order valence-corrected chi connectivity index (χ2v) is 6.05. The molecule has 0 spiro atoms. The Labute approximate surface area is 143 Å². The van der Waals surface area contributed by atoms with Crippen molar-refractivity contribution in [3.63, 3.8) is 0 Å². The predicted octanol–water partition coefficient (Wildman–Crippen LogP) is 3.82. The molecule has 2 aromatic rings. The van der Waals surface area contributed by atoms with Gasteiger partial charge in [-0.15, -0.1) is 10.2 Å². The monoisotopic (exact) mass is 382 g/mol. The number of hydrazone groups is 1. The van der Waals surface area contributed by atoms with Crippen LogP contribution in [0.1, 0.15) is 17.9 Å². The zero-order valence-corrected chi connectivity index (χ0v) is 13.4. The van der Waals surface area contributed by atoms with Crippen molar-refractivity contribution in [3.8, 4) is 0 Å². The Balaban J connectivity index is 2.04. The molecular weight excluding hydrogens is 376 g/mol. The third kappa shape index (κ3) is 2.88. The van der Waals surface area contributed by atoms with E-state index in [0.717, 1.165) is 0 Å². The van der Waals surface area contributed by atoms with E-state index in [1.807, 2.05) is 0 Å². The SMILES string of the molecule is FC(F)(F)C1(c2cc(Cl)cc(Cl)c2)CC(c2nnc(S)o2)=NN1. The molecule has 0 saturated heterocycles. The standard InChI is InChI=1S/C12H7Cl2F3N4OS/c13-6-1-5(2-7(14)3-6)11(12(15,16)17)4-8(18-21-11)9-19-20-10(23)22-9/h1-3,21H,4H2,(H,20,23). The van der Waals surface area contributed by atoms with Gasteiger partial charge in [0.25, 0.3) is 11.1 Å². The Bertz CT molecular complexity index is 775. The number of benzene rings is 1. The lowest BCUT2D eigenvalue weighted by Crippen LogP contribution is -2.49. The summed E-state index contributed by atoms with van der Waals surface area (Å²) in [7, 11) is 0. The van der Waals surface area contributed by atoms with E-state index in [-0.39, 0.29) is 32.4 Å². The van der Waals surface area contributed by atoms with Crippen molar-refractivity contribution in [1.29, 1.82) is 0 Å². The van der Waals surface area contributed by atoms with E-state index in [4.69, 9.17) is 27.6 Å². The number of thiol groups is 1. The van der Waals surface area contributed by atoms with Crippen molar-refractivity contribution < 1.29 is 17.6 Å². The molecule has 23 heavy (non-hydrogen) atoms. The quantitative estimate of drug-likeness (QED) is 0.775. The van der Waals surface area contributed by atoms with E-state index < -0.39 is 18.1 Å². The summed E-state index contributed by atoms with van der Waals surface area (Å²) in [6.45, 7) is 0. The molecule has 5 nitrogen and oxygen atoms in total. The van der Waals surface area contributed by atoms with Crippen LogP contribution in [0, 0.1) is 0 Å². The van der Waals surface area contributed by atoms with E-state index >= 15 is 0 Å². The molecule has 1 aliphatic rings. The van der Waals surface area contributed by atoms with Gasteiger partial charge in [0.1, 0.15) is 5.71 Å². The van der Waals surface area contributed by atoms with Gasteiger partial charge < -0.3 is 4.42 Å². The lowest BCUT2D eigenvalue weighted by atomic mass is 9.85. The average Bonchev–Trinajstić information content (AvgIpc) is 3.03. The zero-order chi connectivity index (χ0) is 16.8. The fourth-order valence-electron chi connectivity index (χ4n) is 2.24. The number of hydrogen-bond acceptors (Lipinski definition) is 6. The molecule has 0 fully saturated rings. The van der Waals surface area contributed by atoms with Crippen molar-refractivity contribution >= 4 is 41.5 Å². The first-order valence-electron chi connectivity index (χ1n) is 6.11. The normalized spacial score (nSPS) is 21.2. The van der Waals surface area contributed by atoms with Gasteiger partial charge in [0.05, 0.1) is 0 Å². The maximum Gasteiger partial charge on any atom is 0.417 e. The highest BCUT2D eigenvalue weighted by Crippen LogP contribution is 2.46. The number of rotatable bonds is 2. The number of nitrogens with zero attached hydrogens (tertiary/aromatic N) is 3. The molecule has 3 rings (SSSR count). The maximum atomic E-state index is 13.8. The van der Waals surface area contributed by atoms with Gasteiger partial charge in [0.2, 0.25) is 0 Å². The molecule has 0 radical (unpaired) electrons. The van der Waals surface area contributed by atoms with E-state index in [1.54, 1.807) is 0 Å². The Hall–Kier alpha value is -1.45. The summed E-state index contributed by atoms with van der Waals surface area (Å²) in [5, 5.41) is 10.9. The molecule has 0 aliphatic carbocycles. The van der Waals surface area contributed by atoms with E-state index in [2.05, 4.69) is 33.4 Å². The molecule has 122 valence electrons. The highest BCUT2D eigenvalue weighted by molar-refractivity contribution is 7.80. The molecule has 11 heteroatoms. The van der Waals surface area contributed by atoms with Gasteiger partial charge in [-0.3, -0.25) is 5.43 Å². The topological polar surface area (TPSA) is 63.3 Å². The summed E-state index contributed by atoms with van der Waals surface area (Å²) in [5.41, 5.74) is -0.549. The van der Waals surface area contributed by atoms with Crippen LogP contribution in [-0.4, -0.2) is 22.1 Å². The van der Waals surface area contributed by atoms with E-state index in [0.29, 0.717) is 0 Å². The summed E-state index contributed by atoms with van der Waals surface area (Å²) < 4.78 is 46.3. The fourth-order valence-corrected chi connectivity index (χ4v) is 2.90. The van der Waals surface area contributed by atoms with Crippen LogP contribution in [0.15, 0.2) is 32.9 Å². The van der Waals surface area contributed by atoms with Crippen molar-refractivity contribution in [2.24, 2.45) is 5.10 Å². The van der Waals surface area contributed by atoms with Crippen LogP contribution in [0.2, 0.25) is 10.0 Å². The molecule has 1 unspecified atom stereocenters. The zero-order valence-electron chi connectivity index (χ0n) is 11.0. The Morgan fingerprint density at radius 1 is 1.17 bits per heavy atom. The number of halogens is 5. The van der Waals surface area contributed by atoms with Crippen LogP contribution < -0.4 is 5.43 Å². The number of hydrogen-bond donors (Lipinski definition) is 2. The van der Waals surface area contributed by atoms with Crippen LogP contribution in [-0.2, 0) is 5.54 Å². The van der Waals surface area contributed by atoms with E-state index in [1.165, 1.54) is 18.2 Å². The van der Waals surface area contributed by atoms with Gasteiger partial charge in [-0.25, -0.2) is 0 Å². The van der Waals surface area contributed by atoms with Gasteiger partial charge in [0, 0.05) is 16.5 Å². The van der Waals surface area contributed by atoms with Crippen molar-refractivity contribution in [3.05, 3.63) is 39.7 Å². The average molecular weight is 383 g/mol. The molecule has 1 N–H and O–H groups in total. The van der Waals surface area contributed by atoms with E-state index in [9.17, 15) is 13.2 Å². The molecule has 1 aliphatic heterocycles. The molecule has 2 heterocycles. The number of alkyl halides is 3. The van der Waals surface area contributed by atoms with Crippen LogP contribution in [0.25, 0.3) is 0 Å². The molecule has 1 aromatic carbocycles. The van der Waals surface area contributed by atoms with Gasteiger partial charge in [0.15, 0.2) is 5.54 Å². The van der Waals surface area contributed by atoms with Gasteiger partial charge in [-0.1, -0.05) is 35.8 Å². The molecular formula is C12H7Cl2F3N4OS. The Morgan fingerprint density at radius 2 is 1.83 bits per heavy atom. The first-order chi connectivity index (χ1) is 10.7. The van der Waals surface area contributed by atoms with Crippen LogP contribution >= 0.6 is 35.8 Å². The predicted molar refractivity (Wildman–Crippen MR) is 80.0 cm³/mol. The van der Waals surface area contributed by atoms with Crippen LogP contribution in [0.4, 0.5) is 13.2 Å². The third-order valence-electron chi connectivity index (χ3n) is 3.31. The highest BCUT2D eigenvalue weighted by atomic mass is 35.5. The molecule has 0 bridgehead atoms. The minimum Gasteiger partial charge on any atom is -0.410 e. The van der Waals surface area contributed by atoms with Crippen molar-refractivity contribution in [2.75, 3.05) is 0 Å². The fraction of sp³-hybridized carbons (Fsp3) is 0.250.